The molecule has 0 saturated heterocycles. The van der Waals surface area contributed by atoms with Crippen LogP contribution in [0.2, 0.25) is 0 Å². The number of nitrogens with zero attached hydrogens (tertiary/aromatic N) is 1. The van der Waals surface area contributed by atoms with Gasteiger partial charge < -0.3 is 4.74 Å². The fraction of sp³-hybridized carbons (Fsp3) is 0.481. The van der Waals surface area contributed by atoms with Crippen molar-refractivity contribution in [2.45, 2.75) is 84.3 Å². The minimum Gasteiger partial charge on any atom is -0.458 e. The van der Waals surface area contributed by atoms with Gasteiger partial charge in [-0.2, -0.15) is 0 Å². The Morgan fingerprint density at radius 3 is 1.83 bits per heavy atom. The maximum Gasteiger partial charge on any atom is 0.331 e. The van der Waals surface area contributed by atoms with E-state index in [0.717, 1.165) is 29.7 Å². The van der Waals surface area contributed by atoms with Crippen LogP contribution in [0, 0.1) is 0 Å². The lowest BCUT2D eigenvalue weighted by molar-refractivity contribution is -0.156. The average molecular weight is 408 g/mol. The number of hydrogen-bond acceptors (Lipinski definition) is 3. The second kappa shape index (κ2) is 12.3. The van der Waals surface area contributed by atoms with E-state index in [-0.39, 0.29) is 5.97 Å². The topological polar surface area (TPSA) is 38.7 Å². The summed E-state index contributed by atoms with van der Waals surface area (Å²) in [5.41, 5.74) is 2.35. The molecule has 2 aromatic rings. The summed E-state index contributed by atoms with van der Waals surface area (Å²) in [7, 11) is 0. The fourth-order valence-corrected chi connectivity index (χ4v) is 3.39. The average Bonchev–Trinajstić information content (AvgIpc) is 2.72. The van der Waals surface area contributed by atoms with Gasteiger partial charge in [-0.1, -0.05) is 106 Å². The minimum atomic E-state index is -0.522. The largest absolute Gasteiger partial charge is 0.458 e. The summed E-state index contributed by atoms with van der Waals surface area (Å²) in [5, 5.41) is 0. The molecule has 162 valence electrons. The molecule has 0 amide bonds. The summed E-state index contributed by atoms with van der Waals surface area (Å²) in [6.07, 6.45) is 7.81. The predicted molar refractivity (Wildman–Crippen MR) is 126 cm³/mol. The number of benzene rings is 2. The van der Waals surface area contributed by atoms with Crippen LogP contribution in [0.15, 0.2) is 65.7 Å². The third-order valence-corrected chi connectivity index (χ3v) is 4.89. The first-order valence-electron chi connectivity index (χ1n) is 11.3. The van der Waals surface area contributed by atoms with Gasteiger partial charge in [0, 0.05) is 11.1 Å². The number of ether oxygens (including phenoxy) is 1. The summed E-state index contributed by atoms with van der Waals surface area (Å²) < 4.78 is 5.72. The molecule has 2 rings (SSSR count). The molecule has 0 saturated carbocycles. The predicted octanol–water partition coefficient (Wildman–Crippen LogP) is 6.98. The van der Waals surface area contributed by atoms with E-state index in [4.69, 9.17) is 9.73 Å². The first kappa shape index (κ1) is 23.9. The number of rotatable bonds is 11. The summed E-state index contributed by atoms with van der Waals surface area (Å²) in [6.45, 7) is 7.95. The Hall–Kier alpha value is -2.42. The van der Waals surface area contributed by atoms with E-state index in [2.05, 4.69) is 6.92 Å². The molecule has 0 bridgehead atoms. The zero-order valence-corrected chi connectivity index (χ0v) is 19.1. The standard InChI is InChI=1S/C27H37NO2/c1-5-6-7-8-9-16-21-24(26(29)30-27(2,3)4)28-25(22-17-12-10-13-18-22)23-19-14-11-15-20-23/h10-15,17-20,24H,5-9,16,21H2,1-4H3/t24-/m0/s1. The van der Waals surface area contributed by atoms with Crippen molar-refractivity contribution in [2.75, 3.05) is 0 Å². The molecule has 0 aliphatic rings. The van der Waals surface area contributed by atoms with Gasteiger partial charge in [-0.15, -0.1) is 0 Å². The summed E-state index contributed by atoms with van der Waals surface area (Å²) in [6, 6.07) is 19.7. The molecule has 0 aliphatic carbocycles. The van der Waals surface area contributed by atoms with E-state index in [9.17, 15) is 4.79 Å². The van der Waals surface area contributed by atoms with Gasteiger partial charge in [0.15, 0.2) is 0 Å². The molecular formula is C27H37NO2. The monoisotopic (exact) mass is 407 g/mol. The molecule has 0 N–H and O–H groups in total. The number of hydrogen-bond donors (Lipinski definition) is 0. The molecule has 3 heteroatoms. The summed E-state index contributed by atoms with van der Waals surface area (Å²) in [5.74, 6) is -0.236. The fourth-order valence-electron chi connectivity index (χ4n) is 3.39. The summed E-state index contributed by atoms with van der Waals surface area (Å²) >= 11 is 0. The van der Waals surface area contributed by atoms with Gasteiger partial charge in [0.05, 0.1) is 5.71 Å². The molecule has 30 heavy (non-hydrogen) atoms. The third-order valence-electron chi connectivity index (χ3n) is 4.89. The van der Waals surface area contributed by atoms with E-state index in [0.29, 0.717) is 6.42 Å². The molecule has 0 aliphatic heterocycles. The van der Waals surface area contributed by atoms with Crippen molar-refractivity contribution in [3.8, 4) is 0 Å². The smallest absolute Gasteiger partial charge is 0.331 e. The zero-order chi connectivity index (χ0) is 21.8. The van der Waals surface area contributed by atoms with Gasteiger partial charge in [-0.3, -0.25) is 4.99 Å². The van der Waals surface area contributed by atoms with E-state index >= 15 is 0 Å². The Balaban J connectivity index is 2.27. The lowest BCUT2D eigenvalue weighted by Crippen LogP contribution is -2.31. The van der Waals surface area contributed by atoms with Gasteiger partial charge in [0.25, 0.3) is 0 Å². The SMILES string of the molecule is CCCCCCCC[C@H](N=C(c1ccccc1)c1ccccc1)C(=O)OC(C)(C)C. The van der Waals surface area contributed by atoms with Crippen molar-refractivity contribution < 1.29 is 9.53 Å². The molecule has 0 unspecified atom stereocenters. The maximum absolute atomic E-state index is 13.0. The molecule has 0 radical (unpaired) electrons. The van der Waals surface area contributed by atoms with Gasteiger partial charge in [-0.25, -0.2) is 4.79 Å². The molecule has 0 aromatic heterocycles. The van der Waals surface area contributed by atoms with Crippen LogP contribution in [0.4, 0.5) is 0 Å². The van der Waals surface area contributed by atoms with E-state index < -0.39 is 11.6 Å². The molecule has 1 atom stereocenters. The van der Waals surface area contributed by atoms with Crippen LogP contribution >= 0.6 is 0 Å². The molecule has 0 heterocycles. The van der Waals surface area contributed by atoms with Crippen molar-refractivity contribution in [2.24, 2.45) is 4.99 Å². The molecule has 0 spiro atoms. The first-order valence-corrected chi connectivity index (χ1v) is 11.3. The number of esters is 1. The second-order valence-corrected chi connectivity index (χ2v) is 8.82. The van der Waals surface area contributed by atoms with Gasteiger partial charge in [-0.05, 0) is 27.2 Å². The van der Waals surface area contributed by atoms with E-state index in [1.165, 1.54) is 25.7 Å². The minimum absolute atomic E-state index is 0.236. The maximum atomic E-state index is 13.0. The lowest BCUT2D eigenvalue weighted by Gasteiger charge is -2.23. The number of carbonyl (C=O) groups is 1. The van der Waals surface area contributed by atoms with Crippen LogP contribution in [0.3, 0.4) is 0 Å². The van der Waals surface area contributed by atoms with E-state index in [1.54, 1.807) is 0 Å². The van der Waals surface area contributed by atoms with Crippen molar-refractivity contribution in [1.82, 2.24) is 0 Å². The highest BCUT2D eigenvalue weighted by atomic mass is 16.6. The van der Waals surface area contributed by atoms with Crippen molar-refractivity contribution in [3.63, 3.8) is 0 Å². The van der Waals surface area contributed by atoms with Gasteiger partial charge in [0.2, 0.25) is 0 Å². The van der Waals surface area contributed by atoms with Crippen LogP contribution in [0.25, 0.3) is 0 Å². The Morgan fingerprint density at radius 1 is 0.833 bits per heavy atom. The Labute approximate surface area is 182 Å². The highest BCUT2D eigenvalue weighted by molar-refractivity contribution is 6.13. The Kier molecular flexibility index (Phi) is 9.79. The van der Waals surface area contributed by atoms with Crippen LogP contribution in [0.1, 0.15) is 83.8 Å². The molecule has 0 fully saturated rings. The summed E-state index contributed by atoms with van der Waals surface area (Å²) in [4.78, 5) is 18.0. The highest BCUT2D eigenvalue weighted by Crippen LogP contribution is 2.19. The highest BCUT2D eigenvalue weighted by Gasteiger charge is 2.25. The molecule has 3 nitrogen and oxygen atoms in total. The Morgan fingerprint density at radius 2 is 1.33 bits per heavy atom. The quantitative estimate of drug-likeness (QED) is 0.229. The van der Waals surface area contributed by atoms with Crippen molar-refractivity contribution >= 4 is 11.7 Å². The first-order chi connectivity index (χ1) is 14.4. The van der Waals surface area contributed by atoms with Crippen LogP contribution in [-0.4, -0.2) is 23.3 Å². The van der Waals surface area contributed by atoms with Crippen molar-refractivity contribution in [1.29, 1.82) is 0 Å². The van der Waals surface area contributed by atoms with Crippen LogP contribution < -0.4 is 0 Å². The molecule has 2 aromatic carbocycles. The van der Waals surface area contributed by atoms with E-state index in [1.807, 2.05) is 81.4 Å². The van der Waals surface area contributed by atoms with Crippen molar-refractivity contribution in [3.05, 3.63) is 71.8 Å². The second-order valence-electron chi connectivity index (χ2n) is 8.82. The number of unbranched alkanes of at least 4 members (excludes halogenated alkanes) is 5. The zero-order valence-electron chi connectivity index (χ0n) is 19.1. The van der Waals surface area contributed by atoms with Gasteiger partial charge >= 0.3 is 5.97 Å². The number of carbonyl (C=O) groups excluding carboxylic acids is 1. The Bertz CT molecular complexity index is 734. The number of aliphatic imine (C=N–C) groups is 1. The van der Waals surface area contributed by atoms with Gasteiger partial charge in [0.1, 0.15) is 11.6 Å². The van der Waals surface area contributed by atoms with Crippen LogP contribution in [-0.2, 0) is 9.53 Å². The third kappa shape index (κ3) is 8.52. The lowest BCUT2D eigenvalue weighted by atomic mass is 10.0. The normalized spacial score (nSPS) is 12.3. The molecular weight excluding hydrogens is 370 g/mol. The van der Waals surface area contributed by atoms with Crippen LogP contribution in [0.5, 0.6) is 0 Å².